The van der Waals surface area contributed by atoms with Gasteiger partial charge in [-0.05, 0) is 176 Å². The van der Waals surface area contributed by atoms with E-state index in [2.05, 4.69) is 325 Å². The van der Waals surface area contributed by atoms with E-state index < -0.39 is 10.8 Å². The van der Waals surface area contributed by atoms with Crippen LogP contribution in [-0.2, 0) is 10.8 Å². The van der Waals surface area contributed by atoms with Gasteiger partial charge in [0, 0.05) is 11.4 Å². The summed E-state index contributed by atoms with van der Waals surface area (Å²) in [5.74, 6) is 0. The molecule has 4 aliphatic rings. The molecule has 0 atom stereocenters. The Kier molecular flexibility index (Phi) is 9.97. The Morgan fingerprint density at radius 3 is 0.893 bits per heavy atom. The van der Waals surface area contributed by atoms with Crippen molar-refractivity contribution < 1.29 is 0 Å². The number of hydrogen-bond acceptors (Lipinski definition) is 2. The fraction of sp³-hybridized carbons (Fsp3) is 0.0244. The molecular weight excluding hydrogens is 1010 g/mol. The molecule has 0 radical (unpaired) electrons. The lowest BCUT2D eigenvalue weighted by atomic mass is 9.64. The first-order chi connectivity index (χ1) is 41.7. The van der Waals surface area contributed by atoms with Crippen LogP contribution in [0, 0.1) is 0 Å². The molecule has 2 nitrogen and oxygen atoms in total. The van der Waals surface area contributed by atoms with E-state index in [-0.39, 0.29) is 0 Å². The standard InChI is InChI=1S/C82H52N2/c1-4-26-53(27-5-1)78-60-36-22-34-56(58-38-24-46-72-79(58)62-32-10-12-40-66(62)81(72)68-42-14-18-48-74(68)83(54-28-6-2-7-29-54)75-49-19-15-43-69(75)81)64(60)52-65-57(35-23-37-61(65)78)59-39-25-47-73-80(59)63-33-11-13-41-67(63)82(73)70-44-16-20-50-76(70)84(55-30-8-3-9-31-55)77-51-21-17-45-71(77)82/h1-52H. The molecule has 0 saturated carbocycles. The summed E-state index contributed by atoms with van der Waals surface area (Å²) in [4.78, 5) is 4.93. The maximum absolute atomic E-state index is 2.54. The molecule has 2 heteroatoms. The average molecular weight is 1070 g/mol. The molecule has 0 fully saturated rings. The van der Waals surface area contributed by atoms with Crippen molar-refractivity contribution in [3.05, 3.63) is 360 Å². The number of benzene rings is 14. The van der Waals surface area contributed by atoms with Crippen molar-refractivity contribution in [3.63, 3.8) is 0 Å². The first kappa shape index (κ1) is 46.9. The molecule has 84 heavy (non-hydrogen) atoms. The Bertz CT molecular complexity index is 4650. The summed E-state index contributed by atoms with van der Waals surface area (Å²) < 4.78 is 0. The predicted molar refractivity (Wildman–Crippen MR) is 349 cm³/mol. The Labute approximate surface area is 489 Å². The van der Waals surface area contributed by atoms with Crippen LogP contribution in [0.25, 0.3) is 77.2 Å². The van der Waals surface area contributed by atoms with Crippen molar-refractivity contribution in [2.45, 2.75) is 10.8 Å². The number of nitrogens with zero attached hydrogens (tertiary/aromatic N) is 2. The molecule has 14 aromatic rings. The van der Waals surface area contributed by atoms with E-state index in [0.29, 0.717) is 0 Å². The van der Waals surface area contributed by atoms with E-state index in [4.69, 9.17) is 0 Å². The van der Waals surface area contributed by atoms with Gasteiger partial charge in [0.2, 0.25) is 0 Å². The van der Waals surface area contributed by atoms with Gasteiger partial charge in [0.05, 0.1) is 33.6 Å². The molecule has 2 aliphatic carbocycles. The zero-order chi connectivity index (χ0) is 55.1. The van der Waals surface area contributed by atoms with Crippen molar-refractivity contribution in [2.75, 3.05) is 9.80 Å². The minimum atomic E-state index is -0.583. The molecular formula is C82H52N2. The lowest BCUT2D eigenvalue weighted by Gasteiger charge is -2.45. The molecule has 390 valence electrons. The van der Waals surface area contributed by atoms with Crippen LogP contribution in [0.2, 0.25) is 0 Å². The fourth-order valence-corrected chi connectivity index (χ4v) is 16.0. The second kappa shape index (κ2) is 17.8. The number of hydrogen-bond donors (Lipinski definition) is 0. The average Bonchev–Trinajstić information content (AvgIpc) is 1.49. The smallest absolute Gasteiger partial charge is 0.0754 e. The van der Waals surface area contributed by atoms with E-state index in [1.165, 1.54) is 144 Å². The lowest BCUT2D eigenvalue weighted by molar-refractivity contribution is 0.753. The quantitative estimate of drug-likeness (QED) is 0.159. The van der Waals surface area contributed by atoms with E-state index >= 15 is 0 Å². The summed E-state index contributed by atoms with van der Waals surface area (Å²) in [6.45, 7) is 0. The molecule has 0 amide bonds. The Hall–Kier alpha value is -10.8. The fourth-order valence-electron chi connectivity index (χ4n) is 16.0. The molecule has 2 heterocycles. The summed E-state index contributed by atoms with van der Waals surface area (Å²) in [6, 6.07) is 119. The van der Waals surface area contributed by atoms with Gasteiger partial charge in [0.1, 0.15) is 0 Å². The zero-order valence-corrected chi connectivity index (χ0v) is 45.9. The second-order valence-electron chi connectivity index (χ2n) is 22.9. The van der Waals surface area contributed by atoms with Crippen molar-refractivity contribution in [2.24, 2.45) is 0 Å². The molecule has 18 rings (SSSR count). The predicted octanol–water partition coefficient (Wildman–Crippen LogP) is 21.3. The van der Waals surface area contributed by atoms with Gasteiger partial charge in [-0.2, -0.15) is 0 Å². The topological polar surface area (TPSA) is 6.48 Å². The van der Waals surface area contributed by atoms with Gasteiger partial charge in [-0.1, -0.05) is 261 Å². The van der Waals surface area contributed by atoms with Crippen LogP contribution in [0.4, 0.5) is 34.1 Å². The second-order valence-corrected chi connectivity index (χ2v) is 22.9. The summed E-state index contributed by atoms with van der Waals surface area (Å²) in [7, 11) is 0. The van der Waals surface area contributed by atoms with Crippen LogP contribution in [0.1, 0.15) is 44.5 Å². The molecule has 0 aromatic heterocycles. The summed E-state index contributed by atoms with van der Waals surface area (Å²) in [5.41, 5.74) is 28.7. The summed E-state index contributed by atoms with van der Waals surface area (Å²) >= 11 is 0. The third-order valence-electron chi connectivity index (χ3n) is 19.0. The highest BCUT2D eigenvalue weighted by Gasteiger charge is 2.54. The van der Waals surface area contributed by atoms with E-state index in [1.807, 2.05) is 0 Å². The molecule has 2 spiro atoms. The minimum Gasteiger partial charge on any atom is -0.310 e. The van der Waals surface area contributed by atoms with Crippen molar-refractivity contribution in [1.82, 2.24) is 0 Å². The molecule has 2 aliphatic heterocycles. The zero-order valence-electron chi connectivity index (χ0n) is 45.9. The van der Waals surface area contributed by atoms with Gasteiger partial charge in [0.25, 0.3) is 0 Å². The van der Waals surface area contributed by atoms with Crippen LogP contribution in [0.15, 0.2) is 315 Å². The van der Waals surface area contributed by atoms with E-state index in [9.17, 15) is 0 Å². The summed E-state index contributed by atoms with van der Waals surface area (Å²) in [6.07, 6.45) is 0. The van der Waals surface area contributed by atoms with Crippen LogP contribution in [0.3, 0.4) is 0 Å². The SMILES string of the molecule is c1ccc(-c2c3cccc(-c4cccc5c4-c4ccccc4C54c5ccccc5N(c5ccccc5)c5ccccc54)c3cc3c(-c4cccc5c4-c4ccccc4C54c5ccccc5N(c5ccccc5)c5ccccc54)cccc23)cc1. The normalized spacial score (nSPS) is 14.1. The third kappa shape index (κ3) is 6.13. The monoisotopic (exact) mass is 1060 g/mol. The molecule has 14 aromatic carbocycles. The van der Waals surface area contributed by atoms with Crippen molar-refractivity contribution in [1.29, 1.82) is 0 Å². The molecule has 0 bridgehead atoms. The molecule has 0 N–H and O–H groups in total. The van der Waals surface area contributed by atoms with Crippen molar-refractivity contribution >= 4 is 55.7 Å². The molecule has 0 saturated heterocycles. The van der Waals surface area contributed by atoms with E-state index in [0.717, 1.165) is 11.4 Å². The largest absolute Gasteiger partial charge is 0.310 e. The van der Waals surface area contributed by atoms with Crippen LogP contribution >= 0.6 is 0 Å². The highest BCUT2D eigenvalue weighted by Crippen LogP contribution is 2.67. The lowest BCUT2D eigenvalue weighted by Crippen LogP contribution is -2.36. The van der Waals surface area contributed by atoms with Gasteiger partial charge in [0.15, 0.2) is 0 Å². The number of anilines is 6. The Morgan fingerprint density at radius 2 is 0.488 bits per heavy atom. The number of rotatable bonds is 5. The number of fused-ring (bicyclic) bond motifs is 20. The van der Waals surface area contributed by atoms with Crippen LogP contribution in [-0.4, -0.2) is 0 Å². The Balaban J connectivity index is 0.904. The van der Waals surface area contributed by atoms with Gasteiger partial charge in [-0.15, -0.1) is 0 Å². The van der Waals surface area contributed by atoms with Crippen LogP contribution in [0.5, 0.6) is 0 Å². The van der Waals surface area contributed by atoms with Gasteiger partial charge in [-0.3, -0.25) is 0 Å². The first-order valence-corrected chi connectivity index (χ1v) is 29.3. The first-order valence-electron chi connectivity index (χ1n) is 29.3. The maximum Gasteiger partial charge on any atom is 0.0754 e. The highest BCUT2D eigenvalue weighted by atomic mass is 15.2. The van der Waals surface area contributed by atoms with Gasteiger partial charge < -0.3 is 9.80 Å². The number of para-hydroxylation sites is 6. The van der Waals surface area contributed by atoms with Crippen LogP contribution < -0.4 is 9.80 Å². The minimum absolute atomic E-state index is 0.583. The molecule has 0 unspecified atom stereocenters. The highest BCUT2D eigenvalue weighted by molar-refractivity contribution is 6.21. The third-order valence-corrected chi connectivity index (χ3v) is 19.0. The maximum atomic E-state index is 2.54. The Morgan fingerprint density at radius 1 is 0.190 bits per heavy atom. The van der Waals surface area contributed by atoms with Crippen molar-refractivity contribution in [3.8, 4) is 55.6 Å². The van der Waals surface area contributed by atoms with Gasteiger partial charge in [-0.25, -0.2) is 0 Å². The summed E-state index contributed by atoms with van der Waals surface area (Å²) in [5, 5.41) is 4.91. The van der Waals surface area contributed by atoms with E-state index in [1.54, 1.807) is 0 Å². The van der Waals surface area contributed by atoms with Gasteiger partial charge >= 0.3 is 0 Å².